The first-order valence-corrected chi connectivity index (χ1v) is 12.1. The summed E-state index contributed by atoms with van der Waals surface area (Å²) < 4.78 is 17.2. The number of hydrogen-bond acceptors (Lipinski definition) is 5. The molecule has 0 bridgehead atoms. The zero-order valence-corrected chi connectivity index (χ0v) is 19.9. The summed E-state index contributed by atoms with van der Waals surface area (Å²) >= 11 is 0. The van der Waals surface area contributed by atoms with Crippen molar-refractivity contribution in [3.05, 3.63) is 11.1 Å². The fourth-order valence-corrected chi connectivity index (χ4v) is 3.67. The first kappa shape index (κ1) is 26.9. The van der Waals surface area contributed by atoms with Crippen LogP contribution >= 0.6 is 0 Å². The Morgan fingerprint density at radius 1 is 0.677 bits per heavy atom. The third kappa shape index (κ3) is 8.88. The Balaban J connectivity index is 3.38. The van der Waals surface area contributed by atoms with E-state index in [1.54, 1.807) is 0 Å². The zero-order valence-electron chi connectivity index (χ0n) is 19.9. The number of unbranched alkanes of at least 4 members (excludes halogenated alkanes) is 6. The molecule has 0 unspecified atom stereocenters. The van der Waals surface area contributed by atoms with E-state index in [1.807, 2.05) is 6.92 Å². The predicted octanol–water partition coefficient (Wildman–Crippen LogP) is 7.27. The number of ether oxygens (including phenoxy) is 3. The molecule has 0 aliphatic rings. The Morgan fingerprint density at radius 3 is 1.68 bits per heavy atom. The van der Waals surface area contributed by atoms with Crippen molar-refractivity contribution in [2.24, 2.45) is 0 Å². The molecule has 0 atom stereocenters. The van der Waals surface area contributed by atoms with E-state index in [0.29, 0.717) is 37.4 Å². The minimum absolute atomic E-state index is 0.144. The Bertz CT molecular complexity index is 656. The average Bonchev–Trinajstić information content (AvgIpc) is 2.74. The molecular weight excluding hydrogens is 396 g/mol. The molecular formula is C25H42O6. The molecule has 0 radical (unpaired) electrons. The highest BCUT2D eigenvalue weighted by Crippen LogP contribution is 2.50. The molecule has 0 amide bonds. The summed E-state index contributed by atoms with van der Waals surface area (Å²) in [5.41, 5.74) is 1.60. The van der Waals surface area contributed by atoms with Crippen LogP contribution in [0.25, 0.3) is 0 Å². The summed E-state index contributed by atoms with van der Waals surface area (Å²) in [5.74, 6) is 0.464. The van der Waals surface area contributed by atoms with Crippen molar-refractivity contribution in [3.8, 4) is 23.0 Å². The molecule has 1 rings (SSSR count). The van der Waals surface area contributed by atoms with Gasteiger partial charge in [0.2, 0.25) is 11.5 Å². The lowest BCUT2D eigenvalue weighted by Crippen LogP contribution is -2.12. The standard InChI is InChI=1S/C25H42O6/c1-5-9-11-13-17-29-22-20(16-8-4)19(15-7-3)21(26)23(31-25(27)28)24(22)30-18-14-12-10-6-2/h26H,5-18H2,1-4H3,(H,27,28). The number of benzene rings is 1. The van der Waals surface area contributed by atoms with E-state index in [-0.39, 0.29) is 17.2 Å². The molecule has 1 aromatic rings. The monoisotopic (exact) mass is 438 g/mol. The van der Waals surface area contributed by atoms with Gasteiger partial charge in [-0.2, -0.15) is 0 Å². The summed E-state index contributed by atoms with van der Waals surface area (Å²) in [6.45, 7) is 9.34. The number of hydrogen-bond donors (Lipinski definition) is 2. The van der Waals surface area contributed by atoms with Crippen molar-refractivity contribution < 1.29 is 29.2 Å². The van der Waals surface area contributed by atoms with Gasteiger partial charge in [-0.25, -0.2) is 4.79 Å². The van der Waals surface area contributed by atoms with Crippen LogP contribution < -0.4 is 14.2 Å². The first-order chi connectivity index (χ1) is 15.0. The van der Waals surface area contributed by atoms with Crippen LogP contribution in [0.4, 0.5) is 4.79 Å². The van der Waals surface area contributed by atoms with Gasteiger partial charge in [-0.3, -0.25) is 0 Å². The molecule has 0 aliphatic heterocycles. The quantitative estimate of drug-likeness (QED) is 0.151. The predicted molar refractivity (Wildman–Crippen MR) is 124 cm³/mol. The fraction of sp³-hybridized carbons (Fsp3) is 0.720. The van der Waals surface area contributed by atoms with Gasteiger partial charge in [-0.15, -0.1) is 0 Å². The van der Waals surface area contributed by atoms with Gasteiger partial charge in [-0.05, 0) is 25.7 Å². The number of rotatable bonds is 17. The van der Waals surface area contributed by atoms with Crippen LogP contribution in [0.3, 0.4) is 0 Å². The van der Waals surface area contributed by atoms with Crippen molar-refractivity contribution in [3.63, 3.8) is 0 Å². The summed E-state index contributed by atoms with van der Waals surface area (Å²) in [6.07, 6.45) is 9.91. The molecule has 1 aromatic carbocycles. The highest BCUT2D eigenvalue weighted by molar-refractivity contribution is 5.72. The van der Waals surface area contributed by atoms with E-state index in [4.69, 9.17) is 14.2 Å². The summed E-state index contributed by atoms with van der Waals surface area (Å²) in [4.78, 5) is 11.4. The Morgan fingerprint density at radius 2 is 1.19 bits per heavy atom. The Labute approximate surface area is 187 Å². The van der Waals surface area contributed by atoms with Crippen LogP contribution in [0.1, 0.15) is 103 Å². The molecule has 0 spiro atoms. The van der Waals surface area contributed by atoms with Gasteiger partial charge in [0.05, 0.1) is 13.2 Å². The molecule has 0 heterocycles. The number of phenolic OH excluding ortho intramolecular Hbond substituents is 1. The van der Waals surface area contributed by atoms with Crippen molar-refractivity contribution >= 4 is 6.16 Å². The van der Waals surface area contributed by atoms with Crippen LogP contribution in [0.15, 0.2) is 0 Å². The number of aromatic hydroxyl groups is 1. The fourth-order valence-electron chi connectivity index (χ4n) is 3.67. The van der Waals surface area contributed by atoms with Gasteiger partial charge in [0, 0.05) is 11.1 Å². The molecule has 31 heavy (non-hydrogen) atoms. The lowest BCUT2D eigenvalue weighted by molar-refractivity contribution is 0.139. The number of phenols is 1. The SMILES string of the molecule is CCCCCCOc1c(CCC)c(CCC)c(O)c(OC(=O)O)c1OCCCCCC. The van der Waals surface area contributed by atoms with Gasteiger partial charge >= 0.3 is 6.16 Å². The minimum atomic E-state index is -1.48. The number of carbonyl (C=O) groups is 1. The van der Waals surface area contributed by atoms with E-state index in [0.717, 1.165) is 69.8 Å². The van der Waals surface area contributed by atoms with E-state index in [9.17, 15) is 15.0 Å². The number of carboxylic acid groups (broad SMARTS) is 1. The Kier molecular flexibility index (Phi) is 13.6. The second-order valence-electron chi connectivity index (χ2n) is 7.98. The lowest BCUT2D eigenvalue weighted by atomic mass is 9.96. The minimum Gasteiger partial charge on any atom is -0.504 e. The third-order valence-corrected chi connectivity index (χ3v) is 5.23. The molecule has 0 saturated heterocycles. The maximum atomic E-state index is 11.4. The van der Waals surface area contributed by atoms with Crippen molar-refractivity contribution in [1.82, 2.24) is 0 Å². The maximum Gasteiger partial charge on any atom is 0.511 e. The van der Waals surface area contributed by atoms with Gasteiger partial charge in [0.15, 0.2) is 11.5 Å². The molecule has 6 heteroatoms. The van der Waals surface area contributed by atoms with E-state index >= 15 is 0 Å². The summed E-state index contributed by atoms with van der Waals surface area (Å²) in [6, 6.07) is 0. The zero-order chi connectivity index (χ0) is 23.1. The van der Waals surface area contributed by atoms with Gasteiger partial charge in [0.25, 0.3) is 0 Å². The third-order valence-electron chi connectivity index (χ3n) is 5.23. The van der Waals surface area contributed by atoms with Gasteiger partial charge in [-0.1, -0.05) is 79.1 Å². The van der Waals surface area contributed by atoms with E-state index < -0.39 is 6.16 Å². The van der Waals surface area contributed by atoms with Crippen LogP contribution in [0.2, 0.25) is 0 Å². The largest absolute Gasteiger partial charge is 0.511 e. The topological polar surface area (TPSA) is 85.2 Å². The second-order valence-corrected chi connectivity index (χ2v) is 7.98. The van der Waals surface area contributed by atoms with Gasteiger partial charge < -0.3 is 24.4 Å². The van der Waals surface area contributed by atoms with Crippen LogP contribution in [-0.4, -0.2) is 29.6 Å². The van der Waals surface area contributed by atoms with Crippen LogP contribution in [0.5, 0.6) is 23.0 Å². The molecule has 0 fully saturated rings. The highest BCUT2D eigenvalue weighted by atomic mass is 16.7. The molecule has 0 aliphatic carbocycles. The maximum absolute atomic E-state index is 11.4. The molecule has 0 saturated carbocycles. The average molecular weight is 439 g/mol. The Hall–Kier alpha value is -2.11. The van der Waals surface area contributed by atoms with Crippen molar-refractivity contribution in [2.75, 3.05) is 13.2 Å². The molecule has 2 N–H and O–H groups in total. The summed E-state index contributed by atoms with van der Waals surface area (Å²) in [5, 5.41) is 20.2. The molecule has 178 valence electrons. The smallest absolute Gasteiger partial charge is 0.504 e. The van der Waals surface area contributed by atoms with E-state index in [1.165, 1.54) is 0 Å². The lowest BCUT2D eigenvalue weighted by Gasteiger charge is -2.23. The second kappa shape index (κ2) is 15.7. The van der Waals surface area contributed by atoms with Crippen LogP contribution in [0, 0.1) is 0 Å². The van der Waals surface area contributed by atoms with E-state index in [2.05, 4.69) is 20.8 Å². The molecule has 6 nitrogen and oxygen atoms in total. The molecule has 0 aromatic heterocycles. The summed E-state index contributed by atoms with van der Waals surface area (Å²) in [7, 11) is 0. The highest BCUT2D eigenvalue weighted by Gasteiger charge is 2.28. The first-order valence-electron chi connectivity index (χ1n) is 12.1. The van der Waals surface area contributed by atoms with Crippen molar-refractivity contribution in [2.45, 2.75) is 105 Å². The van der Waals surface area contributed by atoms with Gasteiger partial charge in [0.1, 0.15) is 0 Å². The normalized spacial score (nSPS) is 10.8. The van der Waals surface area contributed by atoms with Crippen molar-refractivity contribution in [1.29, 1.82) is 0 Å². The van der Waals surface area contributed by atoms with Crippen LogP contribution in [-0.2, 0) is 12.8 Å².